The summed E-state index contributed by atoms with van der Waals surface area (Å²) in [5.74, 6) is 0.0108. The minimum atomic E-state index is -3.53. The van der Waals surface area contributed by atoms with Crippen molar-refractivity contribution < 1.29 is 13.2 Å². The van der Waals surface area contributed by atoms with Crippen molar-refractivity contribution in [2.75, 3.05) is 6.54 Å². The van der Waals surface area contributed by atoms with Crippen molar-refractivity contribution in [2.24, 2.45) is 5.92 Å². The number of nitrogens with one attached hydrogen (secondary N) is 1. The maximum absolute atomic E-state index is 13.0. The molecule has 0 bridgehead atoms. The largest absolute Gasteiger partial charge is 0.354 e. The van der Waals surface area contributed by atoms with Crippen LogP contribution in [0.3, 0.4) is 0 Å². The monoisotopic (exact) mass is 377 g/mol. The second kappa shape index (κ2) is 8.15. The topological polar surface area (TPSA) is 63.2 Å². The van der Waals surface area contributed by atoms with Gasteiger partial charge in [0.25, 0.3) is 0 Å². The molecule has 1 N–H and O–H groups in total. The number of sulfone groups is 1. The molecule has 0 unspecified atom stereocenters. The maximum atomic E-state index is 13.0. The molecule has 3 rings (SSSR count). The Morgan fingerprint density at radius 2 is 1.80 bits per heavy atom. The van der Waals surface area contributed by atoms with Gasteiger partial charge in [-0.3, -0.25) is 4.79 Å². The van der Waals surface area contributed by atoms with Gasteiger partial charge in [0.1, 0.15) is 9.46 Å². The number of rotatable bonds is 6. The van der Waals surface area contributed by atoms with Crippen LogP contribution in [0, 0.1) is 5.92 Å². The summed E-state index contributed by atoms with van der Waals surface area (Å²) >= 11 is 1.21. The maximum Gasteiger partial charge on any atom is 0.223 e. The Hall–Kier alpha value is -1.66. The van der Waals surface area contributed by atoms with E-state index in [1.807, 2.05) is 30.3 Å². The number of amides is 1. The predicted molar refractivity (Wildman–Crippen MR) is 100 cm³/mol. The van der Waals surface area contributed by atoms with Crippen LogP contribution < -0.4 is 5.32 Å². The van der Waals surface area contributed by atoms with E-state index in [4.69, 9.17) is 0 Å². The first-order valence-electron chi connectivity index (χ1n) is 8.69. The molecular weight excluding hydrogens is 354 g/mol. The van der Waals surface area contributed by atoms with Crippen LogP contribution in [0.5, 0.6) is 0 Å². The molecule has 1 aliphatic rings. The molecule has 2 aromatic rings. The number of hydrogen-bond donors (Lipinski definition) is 1. The number of carbonyl (C=O) groups is 1. The minimum Gasteiger partial charge on any atom is -0.354 e. The highest BCUT2D eigenvalue weighted by molar-refractivity contribution is 7.93. The van der Waals surface area contributed by atoms with Gasteiger partial charge in [0.15, 0.2) is 9.84 Å². The molecule has 1 fully saturated rings. The van der Waals surface area contributed by atoms with Gasteiger partial charge in [-0.2, -0.15) is 0 Å². The molecule has 1 aliphatic carbocycles. The summed E-state index contributed by atoms with van der Waals surface area (Å²) in [6.45, 7) is 0.111. The lowest BCUT2D eigenvalue weighted by Crippen LogP contribution is -2.36. The Labute approximate surface area is 153 Å². The number of benzene rings is 1. The van der Waals surface area contributed by atoms with E-state index in [0.29, 0.717) is 9.77 Å². The quantitative estimate of drug-likeness (QED) is 0.829. The van der Waals surface area contributed by atoms with Gasteiger partial charge in [-0.25, -0.2) is 8.42 Å². The van der Waals surface area contributed by atoms with Crippen molar-refractivity contribution >= 4 is 27.1 Å². The fourth-order valence-electron chi connectivity index (χ4n) is 3.34. The van der Waals surface area contributed by atoms with E-state index in [2.05, 4.69) is 5.32 Å². The molecule has 25 heavy (non-hydrogen) atoms. The van der Waals surface area contributed by atoms with Crippen molar-refractivity contribution in [1.82, 2.24) is 5.32 Å². The van der Waals surface area contributed by atoms with E-state index in [9.17, 15) is 13.2 Å². The highest BCUT2D eigenvalue weighted by Crippen LogP contribution is 2.31. The minimum absolute atomic E-state index is 0.0120. The van der Waals surface area contributed by atoms with Gasteiger partial charge in [-0.15, -0.1) is 11.3 Å². The zero-order valence-corrected chi connectivity index (χ0v) is 15.7. The Morgan fingerprint density at radius 3 is 2.44 bits per heavy atom. The smallest absolute Gasteiger partial charge is 0.223 e. The summed E-state index contributed by atoms with van der Waals surface area (Å²) in [7, 11) is -3.53. The van der Waals surface area contributed by atoms with E-state index in [1.165, 1.54) is 17.8 Å². The third-order valence-corrected chi connectivity index (χ3v) is 8.29. The Balaban J connectivity index is 1.79. The highest BCUT2D eigenvalue weighted by atomic mass is 32.2. The molecule has 134 valence electrons. The van der Waals surface area contributed by atoms with Crippen LogP contribution in [0.1, 0.15) is 42.9 Å². The Morgan fingerprint density at radius 1 is 1.08 bits per heavy atom. The molecule has 1 saturated carbocycles. The third kappa shape index (κ3) is 4.30. The Kier molecular flexibility index (Phi) is 5.91. The molecule has 6 heteroatoms. The first kappa shape index (κ1) is 18.1. The second-order valence-corrected chi connectivity index (χ2v) is 9.76. The van der Waals surface area contributed by atoms with Crippen molar-refractivity contribution in [2.45, 2.75) is 41.6 Å². The number of thiophene rings is 1. The molecule has 1 aromatic carbocycles. The zero-order chi connectivity index (χ0) is 17.7. The summed E-state index contributed by atoms with van der Waals surface area (Å²) < 4.78 is 26.4. The van der Waals surface area contributed by atoms with Crippen LogP contribution in [0.25, 0.3) is 0 Å². The van der Waals surface area contributed by atoms with Gasteiger partial charge in [0.2, 0.25) is 5.91 Å². The van der Waals surface area contributed by atoms with Crippen LogP contribution in [0.2, 0.25) is 0 Å². The average molecular weight is 378 g/mol. The molecule has 1 heterocycles. The SMILES string of the molecule is O=C(NC[C@H](c1ccccc1)S(=O)(=O)c1cccs1)C1CCCCC1. The van der Waals surface area contributed by atoms with Crippen molar-refractivity contribution in [3.8, 4) is 0 Å². The zero-order valence-electron chi connectivity index (χ0n) is 14.1. The first-order chi connectivity index (χ1) is 12.1. The van der Waals surface area contributed by atoms with Gasteiger partial charge < -0.3 is 5.32 Å². The van der Waals surface area contributed by atoms with Crippen LogP contribution >= 0.6 is 11.3 Å². The summed E-state index contributed by atoms with van der Waals surface area (Å²) in [5, 5.41) is 3.90. The molecule has 1 amide bonds. The number of hydrogen-bond acceptors (Lipinski definition) is 4. The molecular formula is C19H23NO3S2. The Bertz CT molecular complexity index is 779. The fraction of sp³-hybridized carbons (Fsp3) is 0.421. The van der Waals surface area contributed by atoms with Crippen molar-refractivity contribution in [3.05, 3.63) is 53.4 Å². The molecule has 1 atom stereocenters. The van der Waals surface area contributed by atoms with Crippen molar-refractivity contribution in [3.63, 3.8) is 0 Å². The fourth-order valence-corrected chi connectivity index (χ4v) is 6.21. The van der Waals surface area contributed by atoms with E-state index >= 15 is 0 Å². The van der Waals surface area contributed by atoms with E-state index in [-0.39, 0.29) is 18.4 Å². The second-order valence-electron chi connectivity index (χ2n) is 6.46. The van der Waals surface area contributed by atoms with Crippen molar-refractivity contribution in [1.29, 1.82) is 0 Å². The summed E-state index contributed by atoms with van der Waals surface area (Å²) in [6, 6.07) is 12.5. The van der Waals surface area contributed by atoms with Gasteiger partial charge in [-0.1, -0.05) is 55.7 Å². The van der Waals surface area contributed by atoms with Gasteiger partial charge in [0, 0.05) is 12.5 Å². The summed E-state index contributed by atoms with van der Waals surface area (Å²) in [4.78, 5) is 12.4. The van der Waals surface area contributed by atoms with Crippen LogP contribution in [-0.2, 0) is 14.6 Å². The van der Waals surface area contributed by atoms with Gasteiger partial charge >= 0.3 is 0 Å². The standard InChI is InChI=1S/C19H23NO3S2/c21-19(16-10-5-2-6-11-16)20-14-17(15-8-3-1-4-9-15)25(22,23)18-12-7-13-24-18/h1,3-4,7-9,12-13,16-17H,2,5-6,10-11,14H2,(H,20,21)/t17-/m1/s1. The molecule has 4 nitrogen and oxygen atoms in total. The van der Waals surface area contributed by atoms with Crippen LogP contribution in [-0.4, -0.2) is 20.9 Å². The average Bonchev–Trinajstić information content (AvgIpc) is 3.19. The van der Waals surface area contributed by atoms with Crippen LogP contribution in [0.15, 0.2) is 52.1 Å². The lowest BCUT2D eigenvalue weighted by Gasteiger charge is -2.23. The van der Waals surface area contributed by atoms with E-state index in [0.717, 1.165) is 25.7 Å². The number of carbonyl (C=O) groups excluding carboxylic acids is 1. The van der Waals surface area contributed by atoms with E-state index < -0.39 is 15.1 Å². The van der Waals surface area contributed by atoms with Crippen LogP contribution in [0.4, 0.5) is 0 Å². The summed E-state index contributed by atoms with van der Waals surface area (Å²) in [6.07, 6.45) is 5.14. The normalized spacial score (nSPS) is 17.1. The third-order valence-electron chi connectivity index (χ3n) is 4.76. The van der Waals surface area contributed by atoms with E-state index in [1.54, 1.807) is 17.5 Å². The molecule has 0 saturated heterocycles. The predicted octanol–water partition coefficient (Wildman–Crippen LogP) is 3.96. The van der Waals surface area contributed by atoms with Gasteiger partial charge in [0.05, 0.1) is 0 Å². The molecule has 0 aliphatic heterocycles. The summed E-state index contributed by atoms with van der Waals surface area (Å²) in [5.41, 5.74) is 0.708. The molecule has 0 radical (unpaired) electrons. The van der Waals surface area contributed by atoms with Gasteiger partial charge in [-0.05, 0) is 29.9 Å². The first-order valence-corrected chi connectivity index (χ1v) is 11.1. The highest BCUT2D eigenvalue weighted by Gasteiger charge is 2.31. The lowest BCUT2D eigenvalue weighted by molar-refractivity contribution is -0.125. The molecule has 1 aromatic heterocycles. The molecule has 0 spiro atoms. The lowest BCUT2D eigenvalue weighted by atomic mass is 9.88.